The minimum absolute atomic E-state index is 0.422. The molecule has 1 fully saturated rings. The van der Waals surface area contributed by atoms with Crippen LogP contribution in [0.4, 0.5) is 43.9 Å². The minimum Gasteiger partial charge on any atom is -0.425 e. The van der Waals surface area contributed by atoms with E-state index >= 15 is 0 Å². The predicted octanol–water partition coefficient (Wildman–Crippen LogP) is 5.53. The first kappa shape index (κ1) is 33.1. The maximum atomic E-state index is 12.3. The van der Waals surface area contributed by atoms with Crippen molar-refractivity contribution in [1.29, 1.82) is 0 Å². The molecular weight excluding hydrogens is 538 g/mol. The summed E-state index contributed by atoms with van der Waals surface area (Å²) >= 11 is 0. The number of halogens is 10. The van der Waals surface area contributed by atoms with E-state index < -0.39 is 42.9 Å². The molecule has 0 aromatic heterocycles. The first-order chi connectivity index (χ1) is 15.0. The fourth-order valence-corrected chi connectivity index (χ4v) is 5.30. The standard InChI is InChI=1S/C12H26N.C4F10NO4S2/c1-3-4-5-6-7-10-13(2)11-8-9-12-13;5-1(6,7)3(11,12)20(16,17)15-21(18,19)4(13,14)2(8,9)10/h3-12H2,1-2H3;/q+1;-1. The minimum atomic E-state index is -7.62. The zero-order valence-electron chi connectivity index (χ0n) is 18.2. The van der Waals surface area contributed by atoms with E-state index in [9.17, 15) is 60.7 Å². The van der Waals surface area contributed by atoms with E-state index in [0.717, 1.165) is 0 Å². The molecule has 1 rings (SSSR count). The number of hydrogen-bond acceptors (Lipinski definition) is 4. The van der Waals surface area contributed by atoms with Crippen LogP contribution in [0.15, 0.2) is 0 Å². The van der Waals surface area contributed by atoms with Gasteiger partial charge in [-0.1, -0.05) is 26.2 Å². The third-order valence-electron chi connectivity index (χ3n) is 4.95. The lowest BCUT2D eigenvalue weighted by Crippen LogP contribution is -2.48. The zero-order valence-corrected chi connectivity index (χ0v) is 19.8. The Balaban J connectivity index is 0.000000712. The number of quaternary nitrogens is 1. The monoisotopic (exact) mass is 564 g/mol. The lowest BCUT2D eigenvalue weighted by molar-refractivity contribution is -0.897. The molecule has 0 N–H and O–H groups in total. The van der Waals surface area contributed by atoms with Crippen LogP contribution in [0.3, 0.4) is 0 Å². The van der Waals surface area contributed by atoms with Gasteiger partial charge in [0.2, 0.25) is 0 Å². The Labute approximate surface area is 191 Å². The molecule has 34 heavy (non-hydrogen) atoms. The Morgan fingerprint density at radius 1 is 0.676 bits per heavy atom. The van der Waals surface area contributed by atoms with Gasteiger partial charge in [0.25, 0.3) is 0 Å². The molecule has 0 radical (unpaired) electrons. The van der Waals surface area contributed by atoms with Crippen LogP contribution in [0.25, 0.3) is 4.13 Å². The van der Waals surface area contributed by atoms with E-state index in [1.165, 1.54) is 69.1 Å². The number of rotatable bonds is 10. The number of alkyl halides is 10. The van der Waals surface area contributed by atoms with Crippen LogP contribution < -0.4 is 0 Å². The van der Waals surface area contributed by atoms with Gasteiger partial charge < -0.3 is 8.61 Å². The predicted molar refractivity (Wildman–Crippen MR) is 102 cm³/mol. The summed E-state index contributed by atoms with van der Waals surface area (Å²) in [5, 5.41) is -14.0. The van der Waals surface area contributed by atoms with Crippen LogP contribution in [0.1, 0.15) is 51.9 Å². The summed E-state index contributed by atoms with van der Waals surface area (Å²) in [7, 11) is -12.8. The van der Waals surface area contributed by atoms with Crippen molar-refractivity contribution in [3.05, 3.63) is 4.13 Å². The average Bonchev–Trinajstić information content (AvgIpc) is 3.06. The van der Waals surface area contributed by atoms with Crippen molar-refractivity contribution >= 4 is 20.0 Å². The highest BCUT2D eigenvalue weighted by molar-refractivity contribution is 8.13. The van der Waals surface area contributed by atoms with E-state index in [1.807, 2.05) is 0 Å². The summed E-state index contributed by atoms with van der Waals surface area (Å²) in [6.45, 7) is 6.60. The molecule has 1 aliphatic rings. The maximum Gasteiger partial charge on any atom is 0.467 e. The molecular formula is C16H26F10N2O4S2. The summed E-state index contributed by atoms with van der Waals surface area (Å²) in [5.74, 6) is 0. The van der Waals surface area contributed by atoms with Crippen LogP contribution in [0.2, 0.25) is 0 Å². The van der Waals surface area contributed by atoms with Crippen LogP contribution in [-0.2, 0) is 20.0 Å². The van der Waals surface area contributed by atoms with Crippen molar-refractivity contribution in [2.24, 2.45) is 0 Å². The smallest absolute Gasteiger partial charge is 0.425 e. The number of sulfonamides is 2. The summed E-state index contributed by atoms with van der Waals surface area (Å²) in [4.78, 5) is 0. The maximum absolute atomic E-state index is 12.3. The molecule has 6 nitrogen and oxygen atoms in total. The number of unbranched alkanes of at least 4 members (excludes halogenated alkanes) is 4. The van der Waals surface area contributed by atoms with Crippen molar-refractivity contribution in [3.8, 4) is 0 Å². The van der Waals surface area contributed by atoms with Crippen LogP contribution in [-0.4, -0.2) is 70.9 Å². The third kappa shape index (κ3) is 8.36. The van der Waals surface area contributed by atoms with Crippen molar-refractivity contribution in [2.45, 2.75) is 74.7 Å². The molecule has 1 aliphatic heterocycles. The van der Waals surface area contributed by atoms with Gasteiger partial charge in [0.1, 0.15) is 0 Å². The van der Waals surface area contributed by atoms with Crippen molar-refractivity contribution < 1.29 is 65.2 Å². The van der Waals surface area contributed by atoms with Gasteiger partial charge in [-0.2, -0.15) is 43.9 Å². The van der Waals surface area contributed by atoms with Gasteiger partial charge in [-0.25, -0.2) is 16.8 Å². The summed E-state index contributed by atoms with van der Waals surface area (Å²) < 4.78 is 162. The highest BCUT2D eigenvalue weighted by Crippen LogP contribution is 2.47. The van der Waals surface area contributed by atoms with Crippen LogP contribution >= 0.6 is 0 Å². The van der Waals surface area contributed by atoms with Gasteiger partial charge in [0, 0.05) is 12.8 Å². The molecule has 0 unspecified atom stereocenters. The highest BCUT2D eigenvalue weighted by Gasteiger charge is 2.68. The highest BCUT2D eigenvalue weighted by atomic mass is 32.3. The van der Waals surface area contributed by atoms with Gasteiger partial charge in [0.05, 0.1) is 26.7 Å². The molecule has 18 heteroatoms. The SMILES string of the molecule is CCCCCCC[N+]1(C)CCCC1.O=S(=O)([N-]S(=O)(=O)C(F)(F)C(F)(F)F)C(F)(F)C(F)(F)F. The zero-order chi connectivity index (χ0) is 27.3. The first-order valence-electron chi connectivity index (χ1n) is 9.93. The van der Waals surface area contributed by atoms with Gasteiger partial charge in [-0.15, -0.1) is 0 Å². The Morgan fingerprint density at radius 2 is 1.03 bits per heavy atom. The van der Waals surface area contributed by atoms with E-state index in [2.05, 4.69) is 14.0 Å². The quantitative estimate of drug-likeness (QED) is 0.199. The molecule has 206 valence electrons. The fourth-order valence-electron chi connectivity index (χ4n) is 2.93. The Bertz CT molecular complexity index is 796. The van der Waals surface area contributed by atoms with E-state index in [-0.39, 0.29) is 0 Å². The Hall–Kier alpha value is -0.880. The molecule has 0 amide bonds. The van der Waals surface area contributed by atoms with Gasteiger partial charge in [0.15, 0.2) is 20.0 Å². The molecule has 0 atom stereocenters. The summed E-state index contributed by atoms with van der Waals surface area (Å²) in [6.07, 6.45) is -3.90. The molecule has 0 aromatic rings. The molecule has 0 aliphatic carbocycles. The second-order valence-electron chi connectivity index (χ2n) is 7.97. The van der Waals surface area contributed by atoms with E-state index in [0.29, 0.717) is 4.13 Å². The van der Waals surface area contributed by atoms with Crippen molar-refractivity contribution in [3.63, 3.8) is 0 Å². The van der Waals surface area contributed by atoms with Crippen molar-refractivity contribution in [1.82, 2.24) is 0 Å². The summed E-state index contributed by atoms with van der Waals surface area (Å²) in [6, 6.07) is 0. The number of nitrogens with zero attached hydrogens (tertiary/aromatic N) is 2. The lowest BCUT2D eigenvalue weighted by Gasteiger charge is -2.31. The topological polar surface area (TPSA) is 82.4 Å². The van der Waals surface area contributed by atoms with Crippen molar-refractivity contribution in [2.75, 3.05) is 26.7 Å². The van der Waals surface area contributed by atoms with Crippen LogP contribution in [0, 0.1) is 0 Å². The normalized spacial score (nSPS) is 17.9. The first-order valence-corrected chi connectivity index (χ1v) is 12.8. The fraction of sp³-hybridized carbons (Fsp3) is 1.00. The van der Waals surface area contributed by atoms with E-state index in [4.69, 9.17) is 0 Å². The molecule has 1 heterocycles. The molecule has 1 saturated heterocycles. The number of likely N-dealkylation sites (tertiary alicyclic amines) is 1. The van der Waals surface area contributed by atoms with Crippen LogP contribution in [0.5, 0.6) is 0 Å². The molecule has 0 aromatic carbocycles. The second kappa shape index (κ2) is 11.5. The van der Waals surface area contributed by atoms with Gasteiger partial charge >= 0.3 is 22.9 Å². The van der Waals surface area contributed by atoms with E-state index in [1.54, 1.807) is 0 Å². The molecule has 0 saturated carbocycles. The summed E-state index contributed by atoms with van der Waals surface area (Å²) in [5.41, 5.74) is 0. The Morgan fingerprint density at radius 3 is 1.35 bits per heavy atom. The third-order valence-corrected chi connectivity index (χ3v) is 8.28. The second-order valence-corrected chi connectivity index (χ2v) is 11.5. The number of hydrogen-bond donors (Lipinski definition) is 0. The van der Waals surface area contributed by atoms with Gasteiger partial charge in [-0.05, 0) is 12.8 Å². The largest absolute Gasteiger partial charge is 0.467 e. The molecule has 0 bridgehead atoms. The lowest BCUT2D eigenvalue weighted by atomic mass is 10.1. The molecule has 0 spiro atoms. The van der Waals surface area contributed by atoms with Gasteiger partial charge in [-0.3, -0.25) is 0 Å². The average molecular weight is 565 g/mol. The Kier molecular flexibility index (Phi) is 11.2.